The van der Waals surface area contributed by atoms with Gasteiger partial charge in [-0.25, -0.2) is 0 Å². The van der Waals surface area contributed by atoms with E-state index in [0.29, 0.717) is 19.4 Å². The summed E-state index contributed by atoms with van der Waals surface area (Å²) in [5.41, 5.74) is 0. The molecule has 0 heterocycles. The number of hydrogen-bond acceptors (Lipinski definition) is 3. The van der Waals surface area contributed by atoms with E-state index >= 15 is 0 Å². The lowest BCUT2D eigenvalue weighted by Gasteiger charge is -2.00. The highest BCUT2D eigenvalue weighted by atomic mass is 32.2. The molecule has 1 radical (unpaired) electrons. The van der Waals surface area contributed by atoms with Crippen LogP contribution in [-0.4, -0.2) is 31.2 Å². The highest BCUT2D eigenvalue weighted by Gasteiger charge is 2.02. The fraction of sp³-hybridized carbons (Fsp3) is 0.714. The second-order valence-electron chi connectivity index (χ2n) is 2.65. The lowest BCUT2D eigenvalue weighted by molar-refractivity contribution is -0.118. The third kappa shape index (κ3) is 11.4. The van der Waals surface area contributed by atoms with Gasteiger partial charge in [-0.1, -0.05) is 0 Å². The van der Waals surface area contributed by atoms with Crippen molar-refractivity contribution in [2.75, 3.05) is 12.3 Å². The number of unbranched alkanes of at least 4 members (excludes halogenated alkanes) is 2. The van der Waals surface area contributed by atoms with Gasteiger partial charge in [0.05, 0.1) is 5.75 Å². The fourth-order valence-electron chi connectivity index (χ4n) is 0.728. The van der Waals surface area contributed by atoms with Crippen LogP contribution in [0.5, 0.6) is 0 Å². The first-order valence-corrected chi connectivity index (χ1v) is 5.54. The first-order chi connectivity index (χ1) is 5.92. The van der Waals surface area contributed by atoms with Crippen molar-refractivity contribution in [2.24, 2.45) is 0 Å². The number of nitrogens with one attached hydrogen (secondary N) is 1. The molecule has 0 aliphatic carbocycles. The van der Waals surface area contributed by atoms with Crippen molar-refractivity contribution in [3.05, 3.63) is 6.42 Å². The molecule has 0 saturated carbocycles. The van der Waals surface area contributed by atoms with Crippen LogP contribution in [0.2, 0.25) is 0 Å². The van der Waals surface area contributed by atoms with Crippen molar-refractivity contribution < 1.29 is 17.8 Å². The Bertz CT molecular complexity index is 247. The molecule has 0 aromatic rings. The van der Waals surface area contributed by atoms with Crippen LogP contribution in [-0.2, 0) is 14.9 Å². The van der Waals surface area contributed by atoms with E-state index in [4.69, 9.17) is 4.55 Å². The summed E-state index contributed by atoms with van der Waals surface area (Å²) < 4.78 is 28.8. The number of carbonyl (C=O) groups excluding carboxylic acids is 1. The minimum absolute atomic E-state index is 0.119. The standard InChI is InChI=1S/C7H14NO4S/c1-7(9)8-5-3-2-4-6-13(10,11)12/h3H,2,4-6H2,1H3,(H,8,9)(H,10,11,12). The SMILES string of the molecule is CC(=O)NC[CH]CCCS(=O)(=O)O. The van der Waals surface area contributed by atoms with E-state index in [1.807, 2.05) is 0 Å². The molecule has 77 valence electrons. The molecular weight excluding hydrogens is 194 g/mol. The Kier molecular flexibility index (Phi) is 5.65. The van der Waals surface area contributed by atoms with Crippen molar-refractivity contribution >= 4 is 16.0 Å². The zero-order valence-electron chi connectivity index (χ0n) is 7.49. The average molecular weight is 208 g/mol. The minimum atomic E-state index is -3.83. The largest absolute Gasteiger partial charge is 0.356 e. The Hall–Kier alpha value is -0.620. The van der Waals surface area contributed by atoms with Crippen molar-refractivity contribution in [1.29, 1.82) is 0 Å². The van der Waals surface area contributed by atoms with Crippen LogP contribution >= 0.6 is 0 Å². The average Bonchev–Trinajstić information content (AvgIpc) is 1.93. The van der Waals surface area contributed by atoms with E-state index in [1.165, 1.54) is 6.92 Å². The lowest BCUT2D eigenvalue weighted by atomic mass is 10.2. The van der Waals surface area contributed by atoms with Gasteiger partial charge in [-0.15, -0.1) is 0 Å². The van der Waals surface area contributed by atoms with Gasteiger partial charge in [0.15, 0.2) is 0 Å². The zero-order chi connectivity index (χ0) is 10.3. The smallest absolute Gasteiger partial charge is 0.264 e. The molecule has 0 aliphatic heterocycles. The summed E-state index contributed by atoms with van der Waals surface area (Å²) in [6.07, 6.45) is 2.69. The normalized spacial score (nSPS) is 11.2. The maximum Gasteiger partial charge on any atom is 0.264 e. The predicted octanol–water partition coefficient (Wildman–Crippen LogP) is -0.00521. The van der Waals surface area contributed by atoms with Crippen LogP contribution in [0.1, 0.15) is 19.8 Å². The van der Waals surface area contributed by atoms with E-state index < -0.39 is 10.1 Å². The molecule has 13 heavy (non-hydrogen) atoms. The van der Waals surface area contributed by atoms with E-state index in [2.05, 4.69) is 5.32 Å². The number of rotatable bonds is 6. The van der Waals surface area contributed by atoms with Gasteiger partial charge in [0.1, 0.15) is 0 Å². The third-order valence-corrected chi connectivity index (χ3v) is 2.11. The van der Waals surface area contributed by atoms with E-state index in [-0.39, 0.29) is 11.7 Å². The molecule has 0 rings (SSSR count). The zero-order valence-corrected chi connectivity index (χ0v) is 8.30. The molecule has 0 bridgehead atoms. The predicted molar refractivity (Wildman–Crippen MR) is 48.6 cm³/mol. The second-order valence-corrected chi connectivity index (χ2v) is 4.23. The Morgan fingerprint density at radius 3 is 2.62 bits per heavy atom. The lowest BCUT2D eigenvalue weighted by Crippen LogP contribution is -2.21. The molecule has 0 saturated heterocycles. The molecule has 0 aromatic heterocycles. The molecule has 2 N–H and O–H groups in total. The topological polar surface area (TPSA) is 83.5 Å². The van der Waals surface area contributed by atoms with Gasteiger partial charge < -0.3 is 5.32 Å². The summed E-state index contributed by atoms with van der Waals surface area (Å²) >= 11 is 0. The van der Waals surface area contributed by atoms with Crippen LogP contribution in [0.15, 0.2) is 0 Å². The summed E-state index contributed by atoms with van der Waals surface area (Å²) in [6, 6.07) is 0. The Morgan fingerprint density at radius 1 is 1.54 bits per heavy atom. The van der Waals surface area contributed by atoms with Crippen LogP contribution in [0.4, 0.5) is 0 Å². The highest BCUT2D eigenvalue weighted by Crippen LogP contribution is 1.96. The van der Waals surface area contributed by atoms with Gasteiger partial charge in [0, 0.05) is 13.5 Å². The third-order valence-electron chi connectivity index (χ3n) is 1.31. The van der Waals surface area contributed by atoms with Crippen molar-refractivity contribution in [3.63, 3.8) is 0 Å². The molecule has 0 spiro atoms. The van der Waals surface area contributed by atoms with Crippen molar-refractivity contribution in [3.8, 4) is 0 Å². The van der Waals surface area contributed by atoms with Gasteiger partial charge in [-0.3, -0.25) is 9.35 Å². The summed E-state index contributed by atoms with van der Waals surface area (Å²) in [7, 11) is -3.83. The molecule has 0 unspecified atom stereocenters. The molecule has 6 heteroatoms. The number of hydrogen-bond donors (Lipinski definition) is 2. The maximum atomic E-state index is 10.4. The van der Waals surface area contributed by atoms with Gasteiger partial charge in [-0.05, 0) is 19.3 Å². The number of carbonyl (C=O) groups is 1. The summed E-state index contributed by atoms with van der Waals surface area (Å²) in [5, 5.41) is 2.54. The molecular formula is C7H14NO4S. The molecule has 0 atom stereocenters. The van der Waals surface area contributed by atoms with Gasteiger partial charge >= 0.3 is 0 Å². The molecule has 0 aromatic carbocycles. The first-order valence-electron chi connectivity index (χ1n) is 3.93. The number of amides is 1. The molecule has 5 nitrogen and oxygen atoms in total. The fourth-order valence-corrected chi connectivity index (χ4v) is 1.26. The van der Waals surface area contributed by atoms with Gasteiger partial charge in [-0.2, -0.15) is 8.42 Å². The Balaban J connectivity index is 3.23. The van der Waals surface area contributed by atoms with Gasteiger partial charge in [0.2, 0.25) is 5.91 Å². The quantitative estimate of drug-likeness (QED) is 0.475. The van der Waals surface area contributed by atoms with Crippen LogP contribution in [0.25, 0.3) is 0 Å². The monoisotopic (exact) mass is 208 g/mol. The Labute approximate surface area is 78.3 Å². The summed E-state index contributed by atoms with van der Waals surface area (Å²) in [5.74, 6) is -0.352. The summed E-state index contributed by atoms with van der Waals surface area (Å²) in [4.78, 5) is 10.4. The van der Waals surface area contributed by atoms with Crippen molar-refractivity contribution in [1.82, 2.24) is 5.32 Å². The highest BCUT2D eigenvalue weighted by molar-refractivity contribution is 7.85. The maximum absolute atomic E-state index is 10.4. The second kappa shape index (κ2) is 5.93. The first kappa shape index (κ1) is 12.4. The van der Waals surface area contributed by atoms with E-state index in [0.717, 1.165) is 0 Å². The van der Waals surface area contributed by atoms with E-state index in [1.54, 1.807) is 6.42 Å². The van der Waals surface area contributed by atoms with Crippen LogP contribution in [0, 0.1) is 6.42 Å². The molecule has 0 aliphatic rings. The summed E-state index contributed by atoms with van der Waals surface area (Å²) in [6.45, 7) is 1.84. The van der Waals surface area contributed by atoms with Crippen molar-refractivity contribution in [2.45, 2.75) is 19.8 Å². The van der Waals surface area contributed by atoms with E-state index in [9.17, 15) is 13.2 Å². The minimum Gasteiger partial charge on any atom is -0.356 e. The Morgan fingerprint density at radius 2 is 2.15 bits per heavy atom. The van der Waals surface area contributed by atoms with Gasteiger partial charge in [0.25, 0.3) is 10.1 Å². The molecule has 1 amide bonds. The molecule has 0 fully saturated rings. The van der Waals surface area contributed by atoms with Crippen LogP contribution < -0.4 is 5.32 Å². The van der Waals surface area contributed by atoms with Crippen LogP contribution in [0.3, 0.4) is 0 Å².